The predicted molar refractivity (Wildman–Crippen MR) is 121 cm³/mol. The number of thiazole rings is 1. The summed E-state index contributed by atoms with van der Waals surface area (Å²) in [7, 11) is 0. The van der Waals surface area contributed by atoms with Crippen LogP contribution in [0.5, 0.6) is 0 Å². The summed E-state index contributed by atoms with van der Waals surface area (Å²) in [5, 5.41) is 27.5. The second-order valence-corrected chi connectivity index (χ2v) is 10.4. The number of carbonyl (C=O) groups is 1. The number of nitrogens with zero attached hydrogens (tertiary/aromatic N) is 2. The zero-order valence-corrected chi connectivity index (χ0v) is 19.6. The number of aromatic nitrogens is 1. The summed E-state index contributed by atoms with van der Waals surface area (Å²) < 4.78 is 38.5. The van der Waals surface area contributed by atoms with Gasteiger partial charge >= 0.3 is 6.18 Å². The molecule has 1 aromatic heterocycles. The Hall–Kier alpha value is -2.05. The summed E-state index contributed by atoms with van der Waals surface area (Å²) in [5.41, 5.74) is -1.61. The first-order chi connectivity index (χ1) is 16.0. The van der Waals surface area contributed by atoms with E-state index in [0.29, 0.717) is 32.0 Å². The standard InChI is InChI=1S/C23H29F3N4O3S/c1-14-27-10-19(34-14)22(33)7-5-18(6-8-22)30-12-17(13-30)29-20(31)11-28-21(32)15-3-2-4-16(9-15)23(24,25)26/h2-4,9-10,17-18,21,28,32-33H,5-8,11-13H2,1H3,(H,29,31). The van der Waals surface area contributed by atoms with Gasteiger partial charge in [0.2, 0.25) is 5.91 Å². The highest BCUT2D eigenvalue weighted by Crippen LogP contribution is 2.41. The van der Waals surface area contributed by atoms with Crippen LogP contribution in [0.15, 0.2) is 30.5 Å². The number of rotatable bonds is 7. The number of aliphatic hydroxyl groups is 2. The molecule has 1 unspecified atom stereocenters. The Bertz CT molecular complexity index is 1000. The van der Waals surface area contributed by atoms with E-state index in [1.165, 1.54) is 12.1 Å². The summed E-state index contributed by atoms with van der Waals surface area (Å²) in [6.07, 6.45) is -0.991. The van der Waals surface area contributed by atoms with E-state index in [1.54, 1.807) is 17.5 Å². The maximum atomic E-state index is 12.8. The van der Waals surface area contributed by atoms with Crippen molar-refractivity contribution < 1.29 is 28.2 Å². The van der Waals surface area contributed by atoms with Gasteiger partial charge in [0.1, 0.15) is 11.8 Å². The van der Waals surface area contributed by atoms with Crippen LogP contribution in [0, 0.1) is 6.92 Å². The van der Waals surface area contributed by atoms with Crippen LogP contribution in [0.2, 0.25) is 0 Å². The Balaban J connectivity index is 1.17. The summed E-state index contributed by atoms with van der Waals surface area (Å²) in [5.74, 6) is -0.325. The number of hydrogen-bond acceptors (Lipinski definition) is 7. The molecule has 2 aliphatic rings. The second kappa shape index (κ2) is 9.90. The van der Waals surface area contributed by atoms with E-state index in [4.69, 9.17) is 0 Å². The molecule has 11 heteroatoms. The zero-order valence-electron chi connectivity index (χ0n) is 18.8. The number of alkyl halides is 3. The molecule has 2 heterocycles. The lowest BCUT2D eigenvalue weighted by Gasteiger charge is -2.48. The first-order valence-corrected chi connectivity index (χ1v) is 12.1. The fourth-order valence-corrected chi connectivity index (χ4v) is 5.56. The molecule has 1 saturated heterocycles. The van der Waals surface area contributed by atoms with Gasteiger partial charge in [-0.15, -0.1) is 11.3 Å². The first-order valence-electron chi connectivity index (χ1n) is 11.3. The number of benzene rings is 1. The summed E-state index contributed by atoms with van der Waals surface area (Å²) >= 11 is 1.54. The number of likely N-dealkylation sites (tertiary alicyclic amines) is 1. The monoisotopic (exact) mass is 498 g/mol. The smallest absolute Gasteiger partial charge is 0.384 e. The highest BCUT2D eigenvalue weighted by Gasteiger charge is 2.41. The SMILES string of the molecule is Cc1ncc(C2(O)CCC(N3CC(NC(=O)CNC(O)c4cccc(C(F)(F)F)c4)C3)CC2)s1. The molecule has 186 valence electrons. The number of aliphatic hydroxyl groups excluding tert-OH is 1. The van der Waals surface area contributed by atoms with Crippen LogP contribution in [0.1, 0.15) is 52.9 Å². The van der Waals surface area contributed by atoms with E-state index < -0.39 is 23.6 Å². The molecular formula is C23H29F3N4O3S. The van der Waals surface area contributed by atoms with Crippen molar-refractivity contribution in [2.24, 2.45) is 0 Å². The topological polar surface area (TPSA) is 97.7 Å². The van der Waals surface area contributed by atoms with Crippen molar-refractivity contribution in [1.82, 2.24) is 20.5 Å². The largest absolute Gasteiger partial charge is 0.416 e. The fraction of sp³-hybridized carbons (Fsp3) is 0.565. The second-order valence-electron chi connectivity index (χ2n) is 9.13. The number of hydrogen-bond donors (Lipinski definition) is 4. The molecule has 4 rings (SSSR count). The zero-order chi connectivity index (χ0) is 24.5. The van der Waals surface area contributed by atoms with Crippen molar-refractivity contribution in [2.75, 3.05) is 19.6 Å². The predicted octanol–water partition coefficient (Wildman–Crippen LogP) is 2.68. The maximum Gasteiger partial charge on any atom is 0.416 e. The minimum Gasteiger partial charge on any atom is -0.384 e. The molecule has 0 spiro atoms. The van der Waals surface area contributed by atoms with Crippen molar-refractivity contribution in [1.29, 1.82) is 0 Å². The molecular weight excluding hydrogens is 469 g/mol. The minimum absolute atomic E-state index is 0.00930. The third-order valence-corrected chi connectivity index (χ3v) is 7.75. The van der Waals surface area contributed by atoms with Crippen LogP contribution in [0.3, 0.4) is 0 Å². The highest BCUT2D eigenvalue weighted by molar-refractivity contribution is 7.11. The number of nitrogens with one attached hydrogen (secondary N) is 2. The average Bonchev–Trinajstić information content (AvgIpc) is 3.22. The van der Waals surface area contributed by atoms with Gasteiger partial charge in [0.15, 0.2) is 0 Å². The number of amides is 1. The maximum absolute atomic E-state index is 12.8. The van der Waals surface area contributed by atoms with Gasteiger partial charge in [0.05, 0.1) is 28.0 Å². The van der Waals surface area contributed by atoms with Crippen molar-refractivity contribution in [2.45, 2.75) is 62.7 Å². The fourth-order valence-electron chi connectivity index (χ4n) is 4.64. The third kappa shape index (κ3) is 5.77. The van der Waals surface area contributed by atoms with Crippen molar-refractivity contribution in [3.63, 3.8) is 0 Å². The molecule has 2 fully saturated rings. The van der Waals surface area contributed by atoms with Crippen molar-refractivity contribution >= 4 is 17.2 Å². The Morgan fingerprint density at radius 1 is 1.32 bits per heavy atom. The van der Waals surface area contributed by atoms with Gasteiger partial charge in [-0.25, -0.2) is 4.98 Å². The lowest BCUT2D eigenvalue weighted by atomic mass is 9.80. The molecule has 1 aromatic carbocycles. The Morgan fingerprint density at radius 3 is 2.65 bits per heavy atom. The normalized spacial score (nSPS) is 25.1. The summed E-state index contributed by atoms with van der Waals surface area (Å²) in [4.78, 5) is 19.7. The molecule has 0 radical (unpaired) electrons. The molecule has 1 aliphatic carbocycles. The molecule has 1 atom stereocenters. The third-order valence-electron chi connectivity index (χ3n) is 6.64. The quantitative estimate of drug-likeness (QED) is 0.439. The van der Waals surface area contributed by atoms with Gasteiger partial charge in [0.25, 0.3) is 0 Å². The summed E-state index contributed by atoms with van der Waals surface area (Å²) in [6.45, 7) is 3.15. The molecule has 7 nitrogen and oxygen atoms in total. The molecule has 4 N–H and O–H groups in total. The number of halogens is 3. The Morgan fingerprint density at radius 2 is 2.03 bits per heavy atom. The van der Waals surface area contributed by atoms with Crippen LogP contribution in [0.25, 0.3) is 0 Å². The van der Waals surface area contributed by atoms with Gasteiger partial charge in [-0.3, -0.25) is 15.0 Å². The van der Waals surface area contributed by atoms with E-state index >= 15 is 0 Å². The molecule has 34 heavy (non-hydrogen) atoms. The van der Waals surface area contributed by atoms with Crippen LogP contribution in [0.4, 0.5) is 13.2 Å². The molecule has 0 bridgehead atoms. The van der Waals surface area contributed by atoms with Crippen LogP contribution in [-0.4, -0.2) is 57.7 Å². The van der Waals surface area contributed by atoms with Crippen LogP contribution in [-0.2, 0) is 16.6 Å². The lowest BCUT2D eigenvalue weighted by molar-refractivity contribution is -0.137. The Kier molecular flexibility index (Phi) is 7.30. The van der Waals surface area contributed by atoms with E-state index in [-0.39, 0.29) is 24.1 Å². The molecule has 2 aromatic rings. The van der Waals surface area contributed by atoms with Gasteiger partial charge in [-0.05, 0) is 50.3 Å². The van der Waals surface area contributed by atoms with Crippen molar-refractivity contribution in [3.8, 4) is 0 Å². The summed E-state index contributed by atoms with van der Waals surface area (Å²) in [6, 6.07) is 4.74. The minimum atomic E-state index is -4.50. The van der Waals surface area contributed by atoms with Gasteiger partial charge < -0.3 is 15.5 Å². The van der Waals surface area contributed by atoms with Crippen LogP contribution >= 0.6 is 11.3 Å². The van der Waals surface area contributed by atoms with E-state index in [9.17, 15) is 28.2 Å². The lowest BCUT2D eigenvalue weighted by Crippen LogP contribution is -2.63. The average molecular weight is 499 g/mol. The Labute approximate surface area is 200 Å². The number of aryl methyl sites for hydroxylation is 1. The first kappa shape index (κ1) is 25.1. The van der Waals surface area contributed by atoms with Crippen LogP contribution < -0.4 is 10.6 Å². The van der Waals surface area contributed by atoms with E-state index in [1.807, 2.05) is 6.92 Å². The molecule has 1 saturated carbocycles. The molecule has 1 aliphatic heterocycles. The molecule has 1 amide bonds. The van der Waals surface area contributed by atoms with Gasteiger partial charge in [0, 0.05) is 25.3 Å². The van der Waals surface area contributed by atoms with Gasteiger partial charge in [-0.1, -0.05) is 12.1 Å². The van der Waals surface area contributed by atoms with Gasteiger partial charge in [-0.2, -0.15) is 13.2 Å². The highest BCUT2D eigenvalue weighted by atomic mass is 32.1. The van der Waals surface area contributed by atoms with Crippen molar-refractivity contribution in [3.05, 3.63) is 51.5 Å². The number of carbonyl (C=O) groups excluding carboxylic acids is 1. The van der Waals surface area contributed by atoms with E-state index in [2.05, 4.69) is 20.5 Å². The van der Waals surface area contributed by atoms with E-state index in [0.717, 1.165) is 34.9 Å².